The van der Waals surface area contributed by atoms with E-state index >= 15 is 0 Å². The molecular formula is C66H97N9O16S. The Hall–Kier alpha value is -7.62. The monoisotopic (exact) mass is 1300 g/mol. The van der Waals surface area contributed by atoms with Crippen LogP contribution in [0.25, 0.3) is 22.3 Å². The molecule has 2 aromatic carbocycles. The minimum absolute atomic E-state index is 0.0379. The molecule has 0 radical (unpaired) electrons. The minimum Gasteiger partial charge on any atom is -0.462 e. The molecular weight excluding hydrogens is 1210 g/mol. The number of carbonyl (C=O) groups excluding carboxylic acids is 7. The molecule has 2 fully saturated rings. The number of aliphatic hydroxyl groups is 4. The second-order valence-electron chi connectivity index (χ2n) is 23.9. The number of hydrogen-bond donors (Lipinski definition) is 10. The molecule has 0 spiro atoms. The number of anilines is 1. The topological polar surface area (TPSA) is 348 Å². The zero-order valence-corrected chi connectivity index (χ0v) is 56.4. The molecule has 4 aliphatic heterocycles. The lowest BCUT2D eigenvalue weighted by atomic mass is 9.84. The number of pyridine rings is 2. The van der Waals surface area contributed by atoms with Crippen LogP contribution in [0.2, 0.25) is 0 Å². The van der Waals surface area contributed by atoms with Crippen molar-refractivity contribution in [3.8, 4) is 17.1 Å². The number of rotatable bonds is 20. The van der Waals surface area contributed by atoms with Crippen molar-refractivity contribution >= 4 is 75.4 Å². The van der Waals surface area contributed by atoms with Gasteiger partial charge in [-0.3, -0.25) is 33.6 Å². The predicted molar refractivity (Wildman–Crippen MR) is 352 cm³/mol. The molecule has 6 heterocycles. The van der Waals surface area contributed by atoms with E-state index in [0.717, 1.165) is 36.6 Å². The second-order valence-corrected chi connectivity index (χ2v) is 24.3. The van der Waals surface area contributed by atoms with Crippen molar-refractivity contribution in [1.82, 2.24) is 41.0 Å². The largest absolute Gasteiger partial charge is 0.462 e. The standard InChI is InChI=1S/C58H73N9O14S.C4H10.C2H6.2CH4O/c1-8-58(39-25-44-49-35(24-34-12-9-10-13-40(34)64-49)19-21-66(44)54(76)38(39)29-78-56(58)77)81-48(71)28-60-50(72)32(6)61-52(74)42(23-31(4)5)63-47(70)27-59-51(73)41(22-30(2)3)65-53(75)43-14-11-20-67(43)57(82)62-36-15-17-37(18-16-36)80-55-46(69)26-45(68)33(7)79-55;1-4(2)3;3*1-2/h9-10,12-13,15-18,24-25,30-33,41-43,45-46,55,68-69H,8,11,14,19-23,26-29H2,1-7H3,(H,59,73)(H,60,72)(H,61,74)(H,62,82)(H,63,70)(H,65,75);4H,1-3H3;1-2H3;2*2H,1H3/t32?,33-,41-,42-,43?,45-,46?,55+,58-;;;;/m0..../s1. The van der Waals surface area contributed by atoms with Crippen LogP contribution in [0, 0.1) is 17.8 Å². The van der Waals surface area contributed by atoms with Crippen LogP contribution in [0.1, 0.15) is 138 Å². The highest BCUT2D eigenvalue weighted by Gasteiger charge is 2.50. The van der Waals surface area contributed by atoms with E-state index in [1.54, 1.807) is 53.6 Å². The number of fused-ring (bicyclic) bond motifs is 5. The van der Waals surface area contributed by atoms with E-state index in [0.29, 0.717) is 55.2 Å². The summed E-state index contributed by atoms with van der Waals surface area (Å²) in [6, 6.07) is 14.0. The first-order valence-corrected chi connectivity index (χ1v) is 32.0. The Morgan fingerprint density at radius 1 is 0.793 bits per heavy atom. The van der Waals surface area contributed by atoms with Crippen LogP contribution in [0.3, 0.4) is 0 Å². The van der Waals surface area contributed by atoms with Gasteiger partial charge in [0.15, 0.2) is 5.11 Å². The van der Waals surface area contributed by atoms with E-state index in [2.05, 4.69) is 52.7 Å². The summed E-state index contributed by atoms with van der Waals surface area (Å²) in [5.74, 6) is -4.03. The molecule has 0 saturated carbocycles. The van der Waals surface area contributed by atoms with Gasteiger partial charge in [-0.2, -0.15) is 0 Å². The molecule has 92 heavy (non-hydrogen) atoms. The zero-order chi connectivity index (χ0) is 68.7. The number of hydrogen-bond acceptors (Lipinski definition) is 18. The van der Waals surface area contributed by atoms with Crippen LogP contribution in [0.5, 0.6) is 5.75 Å². The third kappa shape index (κ3) is 20.4. The van der Waals surface area contributed by atoms with Crippen LogP contribution in [0.15, 0.2) is 65.5 Å². The highest BCUT2D eigenvalue weighted by molar-refractivity contribution is 7.80. The lowest BCUT2D eigenvalue weighted by Crippen LogP contribution is -2.56. The number of aliphatic hydroxyl groups excluding tert-OH is 4. The maximum Gasteiger partial charge on any atom is 0.355 e. The summed E-state index contributed by atoms with van der Waals surface area (Å²) in [6.07, 6.45) is -1.17. The summed E-state index contributed by atoms with van der Waals surface area (Å²) >= 11 is 5.73. The lowest BCUT2D eigenvalue weighted by Gasteiger charge is -2.36. The molecule has 26 heteroatoms. The third-order valence-electron chi connectivity index (χ3n) is 15.1. The number of amides is 5. The fraction of sp³-hybridized carbons (Fsp3) is 0.576. The SMILES string of the molecule is CC.CC(C)C.CC[C@@]1(OC(=O)CNC(=O)C(C)NC(=O)[C@H](CC(C)C)NC(=O)CNC(=O)[C@H](CC(C)C)NC(=O)C2CCCN2C(=S)Nc2ccc(O[C@H]3O[C@@H](C)[C@@H](O)CC3O)cc2)C(=O)OCc2c1cc1n(c2=O)CCc2cc3ccccc3nc2-1.CO.CO. The van der Waals surface area contributed by atoms with Gasteiger partial charge in [0.25, 0.3) is 5.56 Å². The molecule has 4 aliphatic rings. The van der Waals surface area contributed by atoms with Gasteiger partial charge in [-0.05, 0) is 130 Å². The van der Waals surface area contributed by atoms with Gasteiger partial charge in [0.05, 0.1) is 41.2 Å². The molecule has 8 rings (SSSR count). The Morgan fingerprint density at radius 2 is 1.41 bits per heavy atom. The Morgan fingerprint density at radius 3 is 2.04 bits per heavy atom. The molecule has 5 amide bonds. The summed E-state index contributed by atoms with van der Waals surface area (Å²) < 4.78 is 24.3. The first kappa shape index (κ1) is 76.8. The van der Waals surface area contributed by atoms with Gasteiger partial charge in [0, 0.05) is 50.4 Å². The molecule has 3 unspecified atom stereocenters. The normalized spacial score (nSPS) is 20.2. The molecule has 2 aromatic heterocycles. The number of aryl methyl sites for hydroxylation is 1. The van der Waals surface area contributed by atoms with Gasteiger partial charge in [-0.1, -0.05) is 87.4 Å². The van der Waals surface area contributed by atoms with E-state index < -0.39 is 114 Å². The van der Waals surface area contributed by atoms with Gasteiger partial charge >= 0.3 is 11.9 Å². The van der Waals surface area contributed by atoms with Crippen LogP contribution in [-0.2, 0) is 72.9 Å². The van der Waals surface area contributed by atoms with Crippen molar-refractivity contribution < 1.29 is 72.9 Å². The molecule has 9 atom stereocenters. The molecule has 0 aliphatic carbocycles. The number of nitrogens with zero attached hydrogens (tertiary/aromatic N) is 3. The number of benzene rings is 2. The number of esters is 2. The number of para-hydroxylation sites is 1. The number of thiocarbonyl (C=S) groups is 1. The number of carbonyl (C=O) groups is 7. The first-order chi connectivity index (χ1) is 43.8. The van der Waals surface area contributed by atoms with Crippen molar-refractivity contribution in [3.05, 3.63) is 87.7 Å². The number of nitrogens with one attached hydrogen (secondary N) is 6. The Labute approximate surface area is 544 Å². The summed E-state index contributed by atoms with van der Waals surface area (Å²) in [4.78, 5) is 116. The molecule has 25 nitrogen and oxygen atoms in total. The third-order valence-corrected chi connectivity index (χ3v) is 15.4. The molecule has 0 bridgehead atoms. The average molecular weight is 1300 g/mol. The van der Waals surface area contributed by atoms with Crippen LogP contribution in [-0.4, -0.2) is 164 Å². The fourth-order valence-electron chi connectivity index (χ4n) is 10.7. The van der Waals surface area contributed by atoms with E-state index in [9.17, 15) is 48.6 Å². The lowest BCUT2D eigenvalue weighted by molar-refractivity contribution is -0.228. The van der Waals surface area contributed by atoms with Crippen molar-refractivity contribution in [3.63, 3.8) is 0 Å². The molecule has 10 N–H and O–H groups in total. The maximum absolute atomic E-state index is 14.0. The molecule has 508 valence electrons. The Balaban J connectivity index is 0.00000170. The van der Waals surface area contributed by atoms with Crippen molar-refractivity contribution in [1.29, 1.82) is 0 Å². The highest BCUT2D eigenvalue weighted by atomic mass is 32.1. The van der Waals surface area contributed by atoms with E-state index in [1.807, 2.05) is 71.9 Å². The van der Waals surface area contributed by atoms with Crippen LogP contribution < -0.4 is 42.2 Å². The molecule has 2 saturated heterocycles. The maximum atomic E-state index is 14.0. The van der Waals surface area contributed by atoms with Gasteiger partial charge in [0.1, 0.15) is 49.2 Å². The summed E-state index contributed by atoms with van der Waals surface area (Å²) in [5.41, 5.74) is 1.21. The first-order valence-electron chi connectivity index (χ1n) is 31.5. The number of aromatic nitrogens is 2. The fourth-order valence-corrected chi connectivity index (χ4v) is 11.0. The van der Waals surface area contributed by atoms with E-state index in [-0.39, 0.29) is 60.4 Å². The van der Waals surface area contributed by atoms with Crippen molar-refractivity contribution in [2.24, 2.45) is 17.8 Å². The number of cyclic esters (lactones) is 1. The van der Waals surface area contributed by atoms with Crippen molar-refractivity contribution in [2.45, 2.75) is 196 Å². The van der Waals surface area contributed by atoms with E-state index in [4.69, 9.17) is 46.4 Å². The zero-order valence-electron chi connectivity index (χ0n) is 55.5. The van der Waals surface area contributed by atoms with Gasteiger partial charge < -0.3 is 80.7 Å². The number of likely N-dealkylation sites (tertiary alicyclic amines) is 1. The Bertz CT molecular complexity index is 3210. The minimum atomic E-state index is -2.02. The van der Waals surface area contributed by atoms with Gasteiger partial charge in [0.2, 0.25) is 41.4 Å². The second kappa shape index (κ2) is 36.6. The van der Waals surface area contributed by atoms with Crippen LogP contribution >= 0.6 is 12.2 Å². The smallest absolute Gasteiger partial charge is 0.355 e. The van der Waals surface area contributed by atoms with Crippen molar-refractivity contribution in [2.75, 3.05) is 39.2 Å². The summed E-state index contributed by atoms with van der Waals surface area (Å²) in [7, 11) is 2.00. The van der Waals surface area contributed by atoms with Gasteiger partial charge in [-0.15, -0.1) is 0 Å². The summed E-state index contributed by atoms with van der Waals surface area (Å²) in [5, 5.41) is 51.8. The average Bonchev–Trinajstić information content (AvgIpc) is 0.818. The van der Waals surface area contributed by atoms with Crippen LogP contribution in [0.4, 0.5) is 5.69 Å². The molecule has 4 aromatic rings. The van der Waals surface area contributed by atoms with E-state index in [1.165, 1.54) is 6.92 Å². The number of ether oxygens (including phenoxy) is 4. The quantitative estimate of drug-likeness (QED) is 0.0426. The summed E-state index contributed by atoms with van der Waals surface area (Å²) in [6.45, 7) is 21.9. The Kier molecular flexibility index (Phi) is 30.5. The highest BCUT2D eigenvalue weighted by Crippen LogP contribution is 2.40. The predicted octanol–water partition coefficient (Wildman–Crippen LogP) is 4.63. The van der Waals surface area contributed by atoms with Gasteiger partial charge in [-0.25, -0.2) is 9.78 Å².